The number of nitrogen functional groups attached to an aromatic ring is 1. The van der Waals surface area contributed by atoms with Crippen molar-refractivity contribution in [1.82, 2.24) is 14.9 Å². The first-order valence-corrected chi connectivity index (χ1v) is 7.86. The molecule has 1 aliphatic rings. The number of carbonyl (C=O) groups is 1. The van der Waals surface area contributed by atoms with Crippen molar-refractivity contribution in [2.45, 2.75) is 52.2 Å². The topological polar surface area (TPSA) is 81.3 Å². The Morgan fingerprint density at radius 3 is 2.78 bits per heavy atom. The van der Waals surface area contributed by atoms with Gasteiger partial charge in [-0.1, -0.05) is 17.5 Å². The highest BCUT2D eigenvalue weighted by Gasteiger charge is 2.31. The SMILES string of the molecule is Cc1nc(Cl)c(N)c(C#CC2CCCN2C(=O)OC(C)(C)C)n1. The van der Waals surface area contributed by atoms with Gasteiger partial charge in [0.15, 0.2) is 5.15 Å². The first-order chi connectivity index (χ1) is 10.7. The van der Waals surface area contributed by atoms with Crippen LogP contribution in [0.4, 0.5) is 10.5 Å². The molecule has 1 atom stereocenters. The molecule has 0 aliphatic carbocycles. The third-order valence-corrected chi connectivity index (χ3v) is 3.54. The molecule has 2 heterocycles. The molecule has 7 heteroatoms. The van der Waals surface area contributed by atoms with E-state index in [0.717, 1.165) is 12.8 Å². The highest BCUT2D eigenvalue weighted by atomic mass is 35.5. The number of hydrogen-bond donors (Lipinski definition) is 1. The van der Waals surface area contributed by atoms with Gasteiger partial charge in [-0.25, -0.2) is 14.8 Å². The largest absolute Gasteiger partial charge is 0.444 e. The predicted octanol–water partition coefficient (Wildman–Crippen LogP) is 2.77. The number of ether oxygens (including phenoxy) is 1. The monoisotopic (exact) mass is 336 g/mol. The molecule has 0 radical (unpaired) electrons. The highest BCUT2D eigenvalue weighted by molar-refractivity contribution is 6.32. The van der Waals surface area contributed by atoms with Gasteiger partial charge in [0.25, 0.3) is 0 Å². The fourth-order valence-corrected chi connectivity index (χ4v) is 2.46. The van der Waals surface area contributed by atoms with E-state index in [-0.39, 0.29) is 23.0 Å². The molecule has 2 rings (SSSR count). The second-order valence-electron chi connectivity index (χ2n) is 6.43. The normalized spacial score (nSPS) is 17.6. The minimum atomic E-state index is -0.528. The Labute approximate surface area is 141 Å². The van der Waals surface area contributed by atoms with Crippen LogP contribution in [0.3, 0.4) is 0 Å². The lowest BCUT2D eigenvalue weighted by Crippen LogP contribution is -2.39. The van der Waals surface area contributed by atoms with Gasteiger partial charge >= 0.3 is 6.09 Å². The quantitative estimate of drug-likeness (QED) is 0.582. The number of aryl methyl sites for hydroxylation is 1. The van der Waals surface area contributed by atoms with E-state index in [4.69, 9.17) is 22.1 Å². The van der Waals surface area contributed by atoms with Crippen LogP contribution in [-0.4, -0.2) is 39.1 Å². The van der Waals surface area contributed by atoms with Gasteiger partial charge in [0.05, 0.1) is 6.04 Å². The van der Waals surface area contributed by atoms with Gasteiger partial charge in [-0.15, -0.1) is 0 Å². The van der Waals surface area contributed by atoms with E-state index in [0.29, 0.717) is 18.1 Å². The molecular formula is C16H21ClN4O2. The molecule has 6 nitrogen and oxygen atoms in total. The van der Waals surface area contributed by atoms with Crippen molar-refractivity contribution in [3.05, 3.63) is 16.7 Å². The molecule has 1 fully saturated rings. The average molecular weight is 337 g/mol. The summed E-state index contributed by atoms with van der Waals surface area (Å²) in [5, 5.41) is 0.192. The van der Waals surface area contributed by atoms with Crippen LogP contribution in [0, 0.1) is 18.8 Å². The van der Waals surface area contributed by atoms with Crippen LogP contribution < -0.4 is 5.73 Å². The number of rotatable bonds is 0. The Kier molecular flexibility index (Phi) is 5.00. The van der Waals surface area contributed by atoms with Gasteiger partial charge in [-0.3, -0.25) is 4.90 Å². The number of nitrogens with zero attached hydrogens (tertiary/aromatic N) is 3. The number of amides is 1. The zero-order chi connectivity index (χ0) is 17.2. The second-order valence-corrected chi connectivity index (χ2v) is 6.78. The van der Waals surface area contributed by atoms with Crippen LogP contribution in [0.15, 0.2) is 0 Å². The van der Waals surface area contributed by atoms with E-state index in [2.05, 4.69) is 21.8 Å². The summed E-state index contributed by atoms with van der Waals surface area (Å²) in [6, 6.07) is -0.210. The summed E-state index contributed by atoms with van der Waals surface area (Å²) in [6.45, 7) is 7.88. The lowest BCUT2D eigenvalue weighted by Gasteiger charge is -2.26. The fourth-order valence-electron chi connectivity index (χ4n) is 2.25. The molecule has 124 valence electrons. The number of aromatic nitrogens is 2. The maximum atomic E-state index is 12.2. The Morgan fingerprint density at radius 2 is 2.13 bits per heavy atom. The van der Waals surface area contributed by atoms with Crippen LogP contribution in [-0.2, 0) is 4.74 Å². The van der Waals surface area contributed by atoms with Gasteiger partial charge in [-0.2, -0.15) is 0 Å². The van der Waals surface area contributed by atoms with E-state index >= 15 is 0 Å². The molecule has 0 aromatic carbocycles. The lowest BCUT2D eigenvalue weighted by molar-refractivity contribution is 0.0261. The van der Waals surface area contributed by atoms with E-state index in [9.17, 15) is 4.79 Å². The summed E-state index contributed by atoms with van der Waals surface area (Å²) in [5.41, 5.74) is 5.96. The fraction of sp³-hybridized carbons (Fsp3) is 0.562. The van der Waals surface area contributed by atoms with Crippen LogP contribution >= 0.6 is 11.6 Å². The molecule has 1 saturated heterocycles. The molecule has 1 aromatic rings. The Hall–Kier alpha value is -2.00. The summed E-state index contributed by atoms with van der Waals surface area (Å²) < 4.78 is 5.41. The summed E-state index contributed by atoms with van der Waals surface area (Å²) in [4.78, 5) is 22.0. The maximum Gasteiger partial charge on any atom is 0.411 e. The molecular weight excluding hydrogens is 316 g/mol. The zero-order valence-corrected chi connectivity index (χ0v) is 14.6. The smallest absolute Gasteiger partial charge is 0.411 e. The van der Waals surface area contributed by atoms with Crippen molar-refractivity contribution in [3.8, 4) is 11.8 Å². The molecule has 1 amide bonds. The predicted molar refractivity (Wildman–Crippen MR) is 89.0 cm³/mol. The van der Waals surface area contributed by atoms with Crippen molar-refractivity contribution < 1.29 is 9.53 Å². The first kappa shape index (κ1) is 17.4. The Morgan fingerprint density at radius 1 is 1.43 bits per heavy atom. The maximum absolute atomic E-state index is 12.2. The van der Waals surface area contributed by atoms with Gasteiger partial charge in [-0.05, 0) is 46.5 Å². The van der Waals surface area contributed by atoms with Crippen LogP contribution in [0.25, 0.3) is 0 Å². The van der Waals surface area contributed by atoms with Crippen LogP contribution in [0.2, 0.25) is 5.15 Å². The summed E-state index contributed by atoms with van der Waals surface area (Å²) in [6.07, 6.45) is 1.33. The summed E-state index contributed by atoms with van der Waals surface area (Å²) in [5.74, 6) is 6.48. The zero-order valence-electron chi connectivity index (χ0n) is 13.8. The van der Waals surface area contributed by atoms with Crippen molar-refractivity contribution >= 4 is 23.4 Å². The highest BCUT2D eigenvalue weighted by Crippen LogP contribution is 2.21. The first-order valence-electron chi connectivity index (χ1n) is 7.48. The summed E-state index contributed by atoms with van der Waals surface area (Å²) >= 11 is 5.94. The molecule has 0 saturated carbocycles. The minimum Gasteiger partial charge on any atom is -0.444 e. The van der Waals surface area contributed by atoms with Crippen molar-refractivity contribution in [2.75, 3.05) is 12.3 Å². The van der Waals surface area contributed by atoms with E-state index < -0.39 is 5.60 Å². The number of likely N-dealkylation sites (tertiary alicyclic amines) is 1. The van der Waals surface area contributed by atoms with Gasteiger partial charge in [0, 0.05) is 6.54 Å². The van der Waals surface area contributed by atoms with Crippen molar-refractivity contribution in [2.24, 2.45) is 0 Å². The third-order valence-electron chi connectivity index (χ3n) is 3.25. The standard InChI is InChI=1S/C16H21ClN4O2/c1-10-19-12(13(18)14(17)20-10)8-7-11-6-5-9-21(11)15(22)23-16(2,3)4/h11H,5-6,9,18H2,1-4H3. The van der Waals surface area contributed by atoms with E-state index in [1.54, 1.807) is 11.8 Å². The number of halogens is 1. The van der Waals surface area contributed by atoms with Crippen LogP contribution in [0.1, 0.15) is 45.1 Å². The third kappa shape index (κ3) is 4.49. The molecule has 1 aliphatic heterocycles. The molecule has 1 aromatic heterocycles. The van der Waals surface area contributed by atoms with Gasteiger partial charge < -0.3 is 10.5 Å². The Bertz CT molecular complexity index is 673. The molecule has 23 heavy (non-hydrogen) atoms. The number of carbonyl (C=O) groups excluding carboxylic acids is 1. The number of nitrogens with two attached hydrogens (primary N) is 1. The Balaban J connectivity index is 2.19. The van der Waals surface area contributed by atoms with Gasteiger partial charge in [0.1, 0.15) is 22.8 Å². The average Bonchev–Trinajstić information content (AvgIpc) is 2.87. The molecule has 0 spiro atoms. The van der Waals surface area contributed by atoms with E-state index in [1.807, 2.05) is 20.8 Å². The molecule has 1 unspecified atom stereocenters. The van der Waals surface area contributed by atoms with E-state index in [1.165, 1.54) is 0 Å². The second kappa shape index (κ2) is 6.63. The number of hydrogen-bond acceptors (Lipinski definition) is 5. The van der Waals surface area contributed by atoms with Gasteiger partial charge in [0.2, 0.25) is 0 Å². The summed E-state index contributed by atoms with van der Waals surface area (Å²) in [7, 11) is 0. The van der Waals surface area contributed by atoms with Crippen LogP contribution in [0.5, 0.6) is 0 Å². The van der Waals surface area contributed by atoms with Crippen molar-refractivity contribution in [3.63, 3.8) is 0 Å². The lowest BCUT2D eigenvalue weighted by atomic mass is 10.2. The number of anilines is 1. The molecule has 0 bridgehead atoms. The minimum absolute atomic E-state index is 0.192. The van der Waals surface area contributed by atoms with Crippen molar-refractivity contribution in [1.29, 1.82) is 0 Å². The molecule has 2 N–H and O–H groups in total.